The molecule has 5 nitrogen and oxygen atoms in total. The number of amides is 2. The van der Waals surface area contributed by atoms with E-state index in [0.29, 0.717) is 11.3 Å². The third kappa shape index (κ3) is 5.40. The fourth-order valence-electron chi connectivity index (χ4n) is 1.67. The van der Waals surface area contributed by atoms with E-state index >= 15 is 0 Å². The maximum absolute atomic E-state index is 11.9. The van der Waals surface area contributed by atoms with Gasteiger partial charge in [-0.2, -0.15) is 0 Å². The Labute approximate surface area is 117 Å². The average Bonchev–Trinajstić information content (AvgIpc) is 2.88. The van der Waals surface area contributed by atoms with Gasteiger partial charge in [-0.05, 0) is 31.2 Å². The first-order valence-corrected chi connectivity index (χ1v) is 7.11. The van der Waals surface area contributed by atoms with Crippen LogP contribution in [-0.4, -0.2) is 48.1 Å². The van der Waals surface area contributed by atoms with Crippen molar-refractivity contribution >= 4 is 23.2 Å². The highest BCUT2D eigenvalue weighted by Gasteiger charge is 2.16. The summed E-state index contributed by atoms with van der Waals surface area (Å²) in [7, 11) is 1.61. The zero-order valence-corrected chi connectivity index (χ0v) is 12.1. The fraction of sp³-hybridized carbons (Fsp3) is 0.538. The minimum absolute atomic E-state index is 0.00453. The van der Waals surface area contributed by atoms with Gasteiger partial charge < -0.3 is 15.3 Å². The van der Waals surface area contributed by atoms with E-state index in [9.17, 15) is 9.59 Å². The Hall–Kier alpha value is -1.40. The van der Waals surface area contributed by atoms with Crippen molar-refractivity contribution in [2.75, 3.05) is 20.2 Å². The highest BCUT2D eigenvalue weighted by atomic mass is 32.1. The van der Waals surface area contributed by atoms with E-state index in [4.69, 9.17) is 5.11 Å². The standard InChI is InChI=1S/C13H20N2O3S/c1-10(5-3-7-16)14-12(17)9-15(2)13(18)11-6-4-8-19-11/h4,6,8,10,16H,3,5,7,9H2,1-2H3,(H,14,17). The summed E-state index contributed by atoms with van der Waals surface area (Å²) < 4.78 is 0. The molecule has 1 rings (SSSR count). The molecule has 1 heterocycles. The van der Waals surface area contributed by atoms with Gasteiger partial charge in [-0.25, -0.2) is 0 Å². The van der Waals surface area contributed by atoms with Gasteiger partial charge >= 0.3 is 0 Å². The number of aliphatic hydroxyl groups excluding tert-OH is 1. The molecule has 0 aliphatic heterocycles. The Kier molecular flexibility index (Phi) is 6.52. The van der Waals surface area contributed by atoms with E-state index in [2.05, 4.69) is 5.32 Å². The van der Waals surface area contributed by atoms with Gasteiger partial charge in [0.25, 0.3) is 5.91 Å². The van der Waals surface area contributed by atoms with Crippen LogP contribution in [0.2, 0.25) is 0 Å². The second kappa shape index (κ2) is 7.91. The van der Waals surface area contributed by atoms with Crippen molar-refractivity contribution in [3.63, 3.8) is 0 Å². The van der Waals surface area contributed by atoms with Crippen LogP contribution in [0.1, 0.15) is 29.4 Å². The summed E-state index contributed by atoms with van der Waals surface area (Å²) >= 11 is 1.36. The summed E-state index contributed by atoms with van der Waals surface area (Å²) in [6, 6.07) is 3.55. The minimum Gasteiger partial charge on any atom is -0.396 e. The average molecular weight is 284 g/mol. The maximum atomic E-state index is 11.9. The molecule has 19 heavy (non-hydrogen) atoms. The molecule has 1 aromatic heterocycles. The third-order valence-corrected chi connectivity index (χ3v) is 3.52. The van der Waals surface area contributed by atoms with Crippen LogP contribution in [0.5, 0.6) is 0 Å². The van der Waals surface area contributed by atoms with Gasteiger partial charge in [-0.1, -0.05) is 6.07 Å². The molecule has 0 spiro atoms. The lowest BCUT2D eigenvalue weighted by molar-refractivity contribution is -0.122. The molecular formula is C13H20N2O3S. The van der Waals surface area contributed by atoms with Crippen molar-refractivity contribution in [1.29, 1.82) is 0 Å². The summed E-state index contributed by atoms with van der Waals surface area (Å²) in [6.07, 6.45) is 1.39. The van der Waals surface area contributed by atoms with Gasteiger partial charge in [0.15, 0.2) is 0 Å². The molecule has 1 aromatic rings. The van der Waals surface area contributed by atoms with E-state index in [-0.39, 0.29) is 31.0 Å². The zero-order chi connectivity index (χ0) is 14.3. The molecule has 0 saturated carbocycles. The molecule has 0 radical (unpaired) electrons. The van der Waals surface area contributed by atoms with E-state index in [0.717, 1.165) is 6.42 Å². The summed E-state index contributed by atoms with van der Waals surface area (Å²) in [5.74, 6) is -0.328. The van der Waals surface area contributed by atoms with Crippen molar-refractivity contribution in [1.82, 2.24) is 10.2 Å². The summed E-state index contributed by atoms with van der Waals surface area (Å²) in [4.78, 5) is 25.7. The normalized spacial score (nSPS) is 11.9. The Morgan fingerprint density at radius 3 is 2.84 bits per heavy atom. The number of nitrogens with zero attached hydrogens (tertiary/aromatic N) is 1. The van der Waals surface area contributed by atoms with Crippen molar-refractivity contribution < 1.29 is 14.7 Å². The maximum Gasteiger partial charge on any atom is 0.264 e. The number of thiophene rings is 1. The van der Waals surface area contributed by atoms with Crippen LogP contribution in [0.4, 0.5) is 0 Å². The quantitative estimate of drug-likeness (QED) is 0.787. The first-order chi connectivity index (χ1) is 9.04. The van der Waals surface area contributed by atoms with E-state index < -0.39 is 0 Å². The molecule has 0 fully saturated rings. The van der Waals surface area contributed by atoms with Crippen LogP contribution in [-0.2, 0) is 4.79 Å². The number of likely N-dealkylation sites (N-methyl/N-ethyl adjacent to an activating group) is 1. The number of carbonyl (C=O) groups is 2. The number of rotatable bonds is 7. The molecule has 0 aliphatic carbocycles. The van der Waals surface area contributed by atoms with Crippen molar-refractivity contribution in [3.8, 4) is 0 Å². The van der Waals surface area contributed by atoms with Crippen molar-refractivity contribution in [2.24, 2.45) is 0 Å². The fourth-order valence-corrected chi connectivity index (χ4v) is 2.38. The predicted molar refractivity (Wildman–Crippen MR) is 75.2 cm³/mol. The van der Waals surface area contributed by atoms with Gasteiger partial charge in [0, 0.05) is 19.7 Å². The Morgan fingerprint density at radius 2 is 2.26 bits per heavy atom. The van der Waals surface area contributed by atoms with Crippen LogP contribution in [0.3, 0.4) is 0 Å². The lowest BCUT2D eigenvalue weighted by Gasteiger charge is -2.18. The summed E-state index contributed by atoms with van der Waals surface area (Å²) in [5, 5.41) is 13.3. The number of hydrogen-bond donors (Lipinski definition) is 2. The van der Waals surface area contributed by atoms with Crippen LogP contribution >= 0.6 is 11.3 Å². The van der Waals surface area contributed by atoms with Crippen molar-refractivity contribution in [2.45, 2.75) is 25.8 Å². The smallest absolute Gasteiger partial charge is 0.264 e. The van der Waals surface area contributed by atoms with Gasteiger partial charge in [0.05, 0.1) is 11.4 Å². The predicted octanol–water partition coefficient (Wildman–Crippen LogP) is 1.10. The van der Waals surface area contributed by atoms with Crippen molar-refractivity contribution in [3.05, 3.63) is 22.4 Å². The molecule has 1 atom stereocenters. The van der Waals surface area contributed by atoms with Gasteiger partial charge in [-0.15, -0.1) is 11.3 Å². The molecule has 0 bridgehead atoms. The highest BCUT2D eigenvalue weighted by Crippen LogP contribution is 2.10. The number of hydrogen-bond acceptors (Lipinski definition) is 4. The zero-order valence-electron chi connectivity index (χ0n) is 11.3. The molecule has 1 unspecified atom stereocenters. The largest absolute Gasteiger partial charge is 0.396 e. The molecular weight excluding hydrogens is 264 g/mol. The van der Waals surface area contributed by atoms with Crippen LogP contribution in [0.15, 0.2) is 17.5 Å². The topological polar surface area (TPSA) is 69.6 Å². The Morgan fingerprint density at radius 1 is 1.53 bits per heavy atom. The van der Waals surface area contributed by atoms with E-state index in [1.54, 1.807) is 13.1 Å². The molecule has 0 aliphatic rings. The SMILES string of the molecule is CC(CCCO)NC(=O)CN(C)C(=O)c1cccs1. The van der Waals surface area contributed by atoms with E-state index in [1.807, 2.05) is 18.4 Å². The Bertz CT molecular complexity index is 406. The summed E-state index contributed by atoms with van der Waals surface area (Å²) in [5.41, 5.74) is 0. The number of carbonyl (C=O) groups excluding carboxylic acids is 2. The molecule has 0 saturated heterocycles. The Balaban J connectivity index is 2.37. The number of nitrogens with one attached hydrogen (secondary N) is 1. The van der Waals surface area contributed by atoms with Gasteiger partial charge in [0.2, 0.25) is 5.91 Å². The second-order valence-corrected chi connectivity index (χ2v) is 5.42. The lowest BCUT2D eigenvalue weighted by atomic mass is 10.2. The first-order valence-electron chi connectivity index (χ1n) is 6.23. The number of aliphatic hydroxyl groups is 1. The molecule has 2 N–H and O–H groups in total. The van der Waals surface area contributed by atoms with Gasteiger partial charge in [0.1, 0.15) is 0 Å². The molecule has 6 heteroatoms. The van der Waals surface area contributed by atoms with Crippen LogP contribution in [0, 0.1) is 0 Å². The molecule has 2 amide bonds. The second-order valence-electron chi connectivity index (χ2n) is 4.47. The lowest BCUT2D eigenvalue weighted by Crippen LogP contribution is -2.41. The van der Waals surface area contributed by atoms with Crippen LogP contribution in [0.25, 0.3) is 0 Å². The minimum atomic E-state index is -0.183. The third-order valence-electron chi connectivity index (χ3n) is 2.66. The highest BCUT2D eigenvalue weighted by molar-refractivity contribution is 7.12. The molecule has 0 aromatic carbocycles. The van der Waals surface area contributed by atoms with E-state index in [1.165, 1.54) is 16.2 Å². The summed E-state index contributed by atoms with van der Waals surface area (Å²) in [6.45, 7) is 2.05. The van der Waals surface area contributed by atoms with Gasteiger partial charge in [-0.3, -0.25) is 9.59 Å². The first kappa shape index (κ1) is 15.7. The monoisotopic (exact) mass is 284 g/mol. The molecule has 106 valence electrons. The van der Waals surface area contributed by atoms with Crippen LogP contribution < -0.4 is 5.32 Å².